The predicted molar refractivity (Wildman–Crippen MR) is 87.7 cm³/mol. The van der Waals surface area contributed by atoms with Gasteiger partial charge in [0.2, 0.25) is 15.9 Å². The molecule has 8 nitrogen and oxygen atoms in total. The van der Waals surface area contributed by atoms with E-state index in [0.29, 0.717) is 11.5 Å². The summed E-state index contributed by atoms with van der Waals surface area (Å²) in [5.74, 6) is 0.497. The molecule has 2 rings (SSSR count). The van der Waals surface area contributed by atoms with Crippen LogP contribution < -0.4 is 14.8 Å². The Hall–Kier alpha value is -2.10. The van der Waals surface area contributed by atoms with Crippen molar-refractivity contribution >= 4 is 33.3 Å². The SMILES string of the molecule is COc1ccc(S(=O)(=O)N[C@@H](C)C(=O)Nc2cc(C)on2)cc1Cl. The lowest BCUT2D eigenvalue weighted by atomic mass is 10.3. The number of amides is 1. The Balaban J connectivity index is 2.10. The van der Waals surface area contributed by atoms with Crippen LogP contribution in [0, 0.1) is 6.92 Å². The molecule has 1 atom stereocenters. The van der Waals surface area contributed by atoms with Gasteiger partial charge in [0.1, 0.15) is 11.5 Å². The van der Waals surface area contributed by atoms with Crippen molar-refractivity contribution in [1.82, 2.24) is 9.88 Å². The van der Waals surface area contributed by atoms with Gasteiger partial charge in [-0.2, -0.15) is 4.72 Å². The zero-order valence-electron chi connectivity index (χ0n) is 13.2. The molecule has 1 amide bonds. The number of benzene rings is 1. The number of anilines is 1. The van der Waals surface area contributed by atoms with E-state index in [-0.39, 0.29) is 15.7 Å². The van der Waals surface area contributed by atoms with E-state index in [0.717, 1.165) is 0 Å². The third-order valence-corrected chi connectivity index (χ3v) is 4.87. The van der Waals surface area contributed by atoms with Gasteiger partial charge in [0.15, 0.2) is 5.82 Å². The lowest BCUT2D eigenvalue weighted by Crippen LogP contribution is -2.41. The summed E-state index contributed by atoms with van der Waals surface area (Å²) in [7, 11) is -2.51. The largest absolute Gasteiger partial charge is 0.495 e. The Morgan fingerprint density at radius 1 is 1.38 bits per heavy atom. The highest BCUT2D eigenvalue weighted by atomic mass is 35.5. The number of aryl methyl sites for hydroxylation is 1. The highest BCUT2D eigenvalue weighted by Gasteiger charge is 2.23. The molecular formula is C14H16ClN3O5S. The average molecular weight is 374 g/mol. The number of carbonyl (C=O) groups is 1. The number of hydrogen-bond donors (Lipinski definition) is 2. The van der Waals surface area contributed by atoms with Crippen LogP contribution in [0.25, 0.3) is 0 Å². The van der Waals surface area contributed by atoms with E-state index in [1.54, 1.807) is 6.92 Å². The summed E-state index contributed by atoms with van der Waals surface area (Å²) >= 11 is 5.93. The van der Waals surface area contributed by atoms with Crippen molar-refractivity contribution in [3.63, 3.8) is 0 Å². The first-order chi connectivity index (χ1) is 11.2. The predicted octanol–water partition coefficient (Wildman–Crippen LogP) is 1.95. The highest BCUT2D eigenvalue weighted by Crippen LogP contribution is 2.26. The summed E-state index contributed by atoms with van der Waals surface area (Å²) in [5.41, 5.74) is 0. The standard InChI is InChI=1S/C14H16ClN3O5S/c1-8-6-13(17-23-8)16-14(19)9(2)18-24(20,21)10-4-5-12(22-3)11(15)7-10/h4-7,9,18H,1-3H3,(H,16,17,19)/t9-/m0/s1. The Morgan fingerprint density at radius 3 is 2.62 bits per heavy atom. The summed E-state index contributed by atoms with van der Waals surface area (Å²) in [4.78, 5) is 12.0. The Morgan fingerprint density at radius 2 is 2.08 bits per heavy atom. The maximum Gasteiger partial charge on any atom is 0.243 e. The second-order valence-corrected chi connectivity index (χ2v) is 7.07. The molecule has 0 unspecified atom stereocenters. The molecule has 0 bridgehead atoms. The molecule has 2 aromatic rings. The van der Waals surface area contributed by atoms with Crippen LogP contribution in [0.15, 0.2) is 33.7 Å². The molecule has 0 fully saturated rings. The van der Waals surface area contributed by atoms with Crippen molar-refractivity contribution in [2.24, 2.45) is 0 Å². The van der Waals surface area contributed by atoms with E-state index in [4.69, 9.17) is 20.9 Å². The number of nitrogens with one attached hydrogen (secondary N) is 2. The van der Waals surface area contributed by atoms with Crippen molar-refractivity contribution in [1.29, 1.82) is 0 Å². The second kappa shape index (κ2) is 7.20. The normalized spacial score (nSPS) is 12.7. The van der Waals surface area contributed by atoms with Gasteiger partial charge in [0.05, 0.1) is 23.1 Å². The Labute approximate surface area is 144 Å². The summed E-state index contributed by atoms with van der Waals surface area (Å²) in [5, 5.41) is 6.21. The number of ether oxygens (including phenoxy) is 1. The van der Waals surface area contributed by atoms with Crippen molar-refractivity contribution in [2.45, 2.75) is 24.8 Å². The molecule has 0 aliphatic heterocycles. The third kappa shape index (κ3) is 4.25. The number of hydrogen-bond acceptors (Lipinski definition) is 6. The summed E-state index contributed by atoms with van der Waals surface area (Å²) in [6.07, 6.45) is 0. The van der Waals surface area contributed by atoms with Crippen LogP contribution >= 0.6 is 11.6 Å². The quantitative estimate of drug-likeness (QED) is 0.800. The van der Waals surface area contributed by atoms with E-state index in [2.05, 4.69) is 15.2 Å². The molecule has 1 aromatic heterocycles. The van der Waals surface area contributed by atoms with Gasteiger partial charge < -0.3 is 14.6 Å². The van der Waals surface area contributed by atoms with Gasteiger partial charge in [-0.25, -0.2) is 8.42 Å². The van der Waals surface area contributed by atoms with E-state index >= 15 is 0 Å². The molecule has 1 heterocycles. The third-order valence-electron chi connectivity index (χ3n) is 3.04. The molecule has 2 N–H and O–H groups in total. The fourth-order valence-electron chi connectivity index (χ4n) is 1.83. The van der Waals surface area contributed by atoms with Gasteiger partial charge >= 0.3 is 0 Å². The molecule has 0 spiro atoms. The van der Waals surface area contributed by atoms with Crippen LogP contribution in [0.3, 0.4) is 0 Å². The summed E-state index contributed by atoms with van der Waals surface area (Å²) in [6.45, 7) is 3.08. The number of rotatable bonds is 6. The fourth-order valence-corrected chi connectivity index (χ4v) is 3.38. The maximum atomic E-state index is 12.3. The van der Waals surface area contributed by atoms with Crippen LogP contribution in [0.2, 0.25) is 5.02 Å². The first-order valence-corrected chi connectivity index (χ1v) is 8.69. The monoisotopic (exact) mass is 373 g/mol. The van der Waals surface area contributed by atoms with Gasteiger partial charge in [0, 0.05) is 6.07 Å². The number of nitrogens with zero attached hydrogens (tertiary/aromatic N) is 1. The van der Waals surface area contributed by atoms with E-state index in [1.807, 2.05) is 0 Å². The second-order valence-electron chi connectivity index (χ2n) is 4.95. The van der Waals surface area contributed by atoms with Crippen LogP contribution in [0.5, 0.6) is 5.75 Å². The molecule has 10 heteroatoms. The first-order valence-electron chi connectivity index (χ1n) is 6.83. The first kappa shape index (κ1) is 18.2. The molecular weight excluding hydrogens is 358 g/mol. The van der Waals surface area contributed by atoms with Crippen molar-refractivity contribution in [2.75, 3.05) is 12.4 Å². The topological polar surface area (TPSA) is 111 Å². The van der Waals surface area contributed by atoms with Crippen LogP contribution in [-0.4, -0.2) is 32.6 Å². The van der Waals surface area contributed by atoms with Gasteiger partial charge in [-0.15, -0.1) is 0 Å². The van der Waals surface area contributed by atoms with Gasteiger partial charge in [0.25, 0.3) is 0 Å². The highest BCUT2D eigenvalue weighted by molar-refractivity contribution is 7.89. The maximum absolute atomic E-state index is 12.3. The molecule has 0 radical (unpaired) electrons. The molecule has 130 valence electrons. The average Bonchev–Trinajstić information content (AvgIpc) is 2.91. The Kier molecular flexibility index (Phi) is 5.47. The summed E-state index contributed by atoms with van der Waals surface area (Å²) < 4.78 is 36.7. The molecule has 0 saturated carbocycles. The molecule has 0 aliphatic rings. The molecule has 0 aliphatic carbocycles. The number of aromatic nitrogens is 1. The van der Waals surface area contributed by atoms with Crippen LogP contribution in [-0.2, 0) is 14.8 Å². The summed E-state index contributed by atoms with van der Waals surface area (Å²) in [6, 6.07) is 4.49. The zero-order chi connectivity index (χ0) is 17.9. The lowest BCUT2D eigenvalue weighted by molar-refractivity contribution is -0.117. The number of methoxy groups -OCH3 is 1. The van der Waals surface area contributed by atoms with Gasteiger partial charge in [-0.3, -0.25) is 4.79 Å². The molecule has 24 heavy (non-hydrogen) atoms. The minimum Gasteiger partial charge on any atom is -0.495 e. The van der Waals surface area contributed by atoms with E-state index in [9.17, 15) is 13.2 Å². The van der Waals surface area contributed by atoms with Crippen LogP contribution in [0.4, 0.5) is 5.82 Å². The minimum absolute atomic E-state index is 0.0785. The van der Waals surface area contributed by atoms with Crippen LogP contribution in [0.1, 0.15) is 12.7 Å². The molecule has 1 aromatic carbocycles. The number of halogens is 1. The fraction of sp³-hybridized carbons (Fsp3) is 0.286. The van der Waals surface area contributed by atoms with Gasteiger partial charge in [-0.1, -0.05) is 16.8 Å². The van der Waals surface area contributed by atoms with Gasteiger partial charge in [-0.05, 0) is 32.0 Å². The Bertz CT molecular complexity index is 850. The molecule has 0 saturated heterocycles. The number of carbonyl (C=O) groups excluding carboxylic acids is 1. The van der Waals surface area contributed by atoms with E-state index < -0.39 is 22.0 Å². The minimum atomic E-state index is -3.93. The number of sulfonamides is 1. The van der Waals surface area contributed by atoms with Crippen molar-refractivity contribution < 1.29 is 22.5 Å². The van der Waals surface area contributed by atoms with Crippen molar-refractivity contribution in [3.05, 3.63) is 35.0 Å². The lowest BCUT2D eigenvalue weighted by Gasteiger charge is -2.14. The van der Waals surface area contributed by atoms with E-state index in [1.165, 1.54) is 38.3 Å². The van der Waals surface area contributed by atoms with Crippen molar-refractivity contribution in [3.8, 4) is 5.75 Å². The smallest absolute Gasteiger partial charge is 0.243 e. The zero-order valence-corrected chi connectivity index (χ0v) is 14.7.